The summed E-state index contributed by atoms with van der Waals surface area (Å²) < 4.78 is 29.9. The zero-order valence-electron chi connectivity index (χ0n) is 16.0. The molecule has 29 heavy (non-hydrogen) atoms. The van der Waals surface area contributed by atoms with Crippen molar-refractivity contribution in [3.63, 3.8) is 0 Å². The molecule has 0 saturated heterocycles. The normalized spacial score (nSPS) is 12.7. The first-order valence-corrected chi connectivity index (χ1v) is 10.3. The smallest absolute Gasteiger partial charge is 0.322 e. The molecule has 0 aliphatic carbocycles. The minimum Gasteiger partial charge on any atom is -0.401 e. The lowest BCUT2D eigenvalue weighted by molar-refractivity contribution is -0.117. The molecule has 0 saturated carbocycles. The summed E-state index contributed by atoms with van der Waals surface area (Å²) in [7, 11) is -3.35. The van der Waals surface area contributed by atoms with E-state index in [-0.39, 0.29) is 16.8 Å². The predicted molar refractivity (Wildman–Crippen MR) is 105 cm³/mol. The molecule has 0 radical (unpaired) electrons. The number of carbonyl (C=O) groups is 1. The molecule has 0 bridgehead atoms. The molecule has 3 aromatic rings. The summed E-state index contributed by atoms with van der Waals surface area (Å²) in [5.74, 6) is -0.394. The Morgan fingerprint density at radius 2 is 1.72 bits per heavy atom. The number of carbonyl (C=O) groups excluding carboxylic acids is 1. The van der Waals surface area contributed by atoms with Gasteiger partial charge in [-0.3, -0.25) is 15.1 Å². The third-order valence-electron chi connectivity index (χ3n) is 4.02. The van der Waals surface area contributed by atoms with Crippen LogP contribution >= 0.6 is 0 Å². The second kappa shape index (κ2) is 8.05. The van der Waals surface area contributed by atoms with E-state index >= 15 is 0 Å². The number of anilines is 1. The third-order valence-corrected chi connectivity index (χ3v) is 6.19. The van der Waals surface area contributed by atoms with Crippen molar-refractivity contribution in [3.8, 4) is 22.8 Å². The Morgan fingerprint density at radius 3 is 2.34 bits per heavy atom. The molecule has 3 N–H and O–H groups in total. The van der Waals surface area contributed by atoms with Crippen LogP contribution in [0.4, 0.5) is 6.01 Å². The van der Waals surface area contributed by atoms with Crippen LogP contribution in [0.15, 0.2) is 46.0 Å². The molecule has 10 nitrogen and oxygen atoms in total. The Balaban J connectivity index is 1.85. The second-order valence-electron chi connectivity index (χ2n) is 6.60. The van der Waals surface area contributed by atoms with Gasteiger partial charge in [-0.05, 0) is 32.9 Å². The van der Waals surface area contributed by atoms with Crippen LogP contribution in [0, 0.1) is 0 Å². The van der Waals surface area contributed by atoms with E-state index < -0.39 is 27.0 Å². The molecule has 0 aliphatic heterocycles. The highest BCUT2D eigenvalue weighted by atomic mass is 32.2. The van der Waals surface area contributed by atoms with E-state index in [1.54, 1.807) is 26.0 Å². The highest BCUT2D eigenvalue weighted by Crippen LogP contribution is 2.24. The first kappa shape index (κ1) is 20.6. The van der Waals surface area contributed by atoms with Crippen molar-refractivity contribution in [1.82, 2.24) is 20.2 Å². The summed E-state index contributed by atoms with van der Waals surface area (Å²) in [6.07, 6.45) is 2.97. The van der Waals surface area contributed by atoms with Crippen LogP contribution in [0.1, 0.15) is 20.8 Å². The van der Waals surface area contributed by atoms with Crippen molar-refractivity contribution in [2.75, 3.05) is 5.32 Å². The molecule has 0 aliphatic rings. The molecular weight excluding hydrogens is 396 g/mol. The van der Waals surface area contributed by atoms with Gasteiger partial charge in [-0.2, -0.15) is 0 Å². The van der Waals surface area contributed by atoms with E-state index in [0.29, 0.717) is 17.0 Å². The van der Waals surface area contributed by atoms with Crippen LogP contribution < -0.4 is 11.1 Å². The monoisotopic (exact) mass is 416 g/mol. The largest absolute Gasteiger partial charge is 0.401 e. The lowest BCUT2D eigenvalue weighted by Gasteiger charge is -2.08. The molecule has 1 atom stereocenters. The predicted octanol–water partition coefficient (Wildman–Crippen LogP) is 1.66. The highest BCUT2D eigenvalue weighted by molar-refractivity contribution is 7.92. The molecule has 2 heterocycles. The van der Waals surface area contributed by atoms with Crippen molar-refractivity contribution in [3.05, 3.63) is 36.7 Å². The lowest BCUT2D eigenvalue weighted by Crippen LogP contribution is -2.32. The molecule has 0 spiro atoms. The minimum absolute atomic E-state index is 0.0679. The molecule has 11 heteroatoms. The van der Waals surface area contributed by atoms with Crippen molar-refractivity contribution >= 4 is 21.8 Å². The fraction of sp³-hybridized carbons (Fsp3) is 0.278. The number of hydrogen-bond acceptors (Lipinski definition) is 9. The molecular formula is C18H20N6O4S. The van der Waals surface area contributed by atoms with Crippen LogP contribution in [0.2, 0.25) is 0 Å². The molecule has 1 unspecified atom stereocenters. The second-order valence-corrected chi connectivity index (χ2v) is 9.10. The summed E-state index contributed by atoms with van der Waals surface area (Å²) in [5.41, 5.74) is 6.95. The van der Waals surface area contributed by atoms with Gasteiger partial charge >= 0.3 is 6.01 Å². The first-order chi connectivity index (χ1) is 13.7. The first-order valence-electron chi connectivity index (χ1n) is 8.75. The Bertz CT molecular complexity index is 1120. The fourth-order valence-electron chi connectivity index (χ4n) is 2.29. The highest BCUT2D eigenvalue weighted by Gasteiger charge is 2.19. The van der Waals surface area contributed by atoms with Gasteiger partial charge in [-0.25, -0.2) is 13.4 Å². The average Bonchev–Trinajstić information content (AvgIpc) is 3.16. The number of amides is 1. The summed E-state index contributed by atoms with van der Waals surface area (Å²) in [4.78, 5) is 20.4. The summed E-state index contributed by atoms with van der Waals surface area (Å²) in [5, 5.41) is 9.47. The summed E-state index contributed by atoms with van der Waals surface area (Å²) in [6.45, 7) is 4.79. The SMILES string of the molecule is CC(N)C(=O)Nc1nnc(-c2cncc(-c3ccc(S(=O)(=O)C(C)C)cc3)n2)o1. The number of nitrogens with one attached hydrogen (secondary N) is 1. The number of rotatable bonds is 6. The lowest BCUT2D eigenvalue weighted by atomic mass is 10.1. The van der Waals surface area contributed by atoms with Crippen molar-refractivity contribution < 1.29 is 17.6 Å². The maximum atomic E-state index is 12.2. The molecule has 1 aromatic carbocycles. The van der Waals surface area contributed by atoms with Gasteiger partial charge in [-0.15, -0.1) is 5.10 Å². The maximum absolute atomic E-state index is 12.2. The van der Waals surface area contributed by atoms with Gasteiger partial charge in [0.25, 0.3) is 5.89 Å². The van der Waals surface area contributed by atoms with E-state index in [1.165, 1.54) is 31.5 Å². The number of aromatic nitrogens is 4. The third kappa shape index (κ3) is 4.46. The van der Waals surface area contributed by atoms with Crippen molar-refractivity contribution in [2.24, 2.45) is 5.73 Å². The Hall–Kier alpha value is -3.18. The Labute approximate surface area is 167 Å². The fourth-order valence-corrected chi connectivity index (χ4v) is 3.35. The average molecular weight is 416 g/mol. The number of sulfone groups is 1. The van der Waals surface area contributed by atoms with Gasteiger partial charge in [0.15, 0.2) is 9.84 Å². The number of nitrogens with two attached hydrogens (primary N) is 1. The summed E-state index contributed by atoms with van der Waals surface area (Å²) in [6, 6.07) is 5.56. The number of hydrogen-bond donors (Lipinski definition) is 2. The van der Waals surface area contributed by atoms with Crippen LogP contribution in [0.5, 0.6) is 0 Å². The topological polar surface area (TPSA) is 154 Å². The zero-order chi connectivity index (χ0) is 21.2. The van der Waals surface area contributed by atoms with Gasteiger partial charge in [0.05, 0.1) is 34.3 Å². The summed E-state index contributed by atoms with van der Waals surface area (Å²) >= 11 is 0. The molecule has 0 fully saturated rings. The van der Waals surface area contributed by atoms with Crippen LogP contribution in [-0.4, -0.2) is 45.8 Å². The van der Waals surface area contributed by atoms with E-state index in [2.05, 4.69) is 25.5 Å². The van der Waals surface area contributed by atoms with E-state index in [4.69, 9.17) is 10.2 Å². The maximum Gasteiger partial charge on any atom is 0.322 e. The van der Waals surface area contributed by atoms with Crippen LogP contribution in [0.3, 0.4) is 0 Å². The Morgan fingerprint density at radius 1 is 1.07 bits per heavy atom. The van der Waals surface area contributed by atoms with Gasteiger partial charge in [0.2, 0.25) is 5.91 Å². The van der Waals surface area contributed by atoms with Crippen LogP contribution in [-0.2, 0) is 14.6 Å². The molecule has 1 amide bonds. The number of benzene rings is 1. The van der Waals surface area contributed by atoms with E-state index in [0.717, 1.165) is 0 Å². The van der Waals surface area contributed by atoms with Crippen LogP contribution in [0.25, 0.3) is 22.8 Å². The standard InChI is InChI=1S/C18H20N6O4S/c1-10(2)29(26,27)13-6-4-12(5-7-13)14-8-20-9-15(21-14)17-23-24-18(28-17)22-16(25)11(3)19/h4-11H,19H2,1-3H3,(H,22,24,25). The van der Waals surface area contributed by atoms with Crippen molar-refractivity contribution in [1.29, 1.82) is 0 Å². The molecule has 3 rings (SSSR count). The van der Waals surface area contributed by atoms with Gasteiger partial charge < -0.3 is 10.2 Å². The van der Waals surface area contributed by atoms with Gasteiger partial charge in [0.1, 0.15) is 5.69 Å². The van der Waals surface area contributed by atoms with Gasteiger partial charge in [-0.1, -0.05) is 17.2 Å². The van der Waals surface area contributed by atoms with Gasteiger partial charge in [0, 0.05) is 5.56 Å². The van der Waals surface area contributed by atoms with E-state index in [1.807, 2.05) is 0 Å². The quantitative estimate of drug-likeness (QED) is 0.610. The zero-order valence-corrected chi connectivity index (χ0v) is 16.8. The molecule has 152 valence electrons. The molecule has 2 aromatic heterocycles. The Kier molecular flexibility index (Phi) is 5.71. The van der Waals surface area contributed by atoms with Crippen molar-refractivity contribution in [2.45, 2.75) is 37.0 Å². The van der Waals surface area contributed by atoms with E-state index in [9.17, 15) is 13.2 Å². The minimum atomic E-state index is -3.35. The number of nitrogens with zero attached hydrogens (tertiary/aromatic N) is 4.